The molecular weight excluding hydrogens is 445 g/mol. The van der Waals surface area contributed by atoms with Crippen LogP contribution in [-0.4, -0.2) is 68.4 Å². The van der Waals surface area contributed by atoms with Crippen LogP contribution < -0.4 is 16.0 Å². The normalized spacial score (nSPS) is 12.4. The van der Waals surface area contributed by atoms with Crippen molar-refractivity contribution in [3.63, 3.8) is 0 Å². The second-order valence-corrected chi connectivity index (χ2v) is 8.02. The lowest BCUT2D eigenvalue weighted by molar-refractivity contribution is 0.0474. The molecule has 0 fully saturated rings. The van der Waals surface area contributed by atoms with Crippen molar-refractivity contribution < 1.29 is 9.53 Å². The van der Waals surface area contributed by atoms with Crippen LogP contribution in [0, 0.1) is 0 Å². The van der Waals surface area contributed by atoms with E-state index in [9.17, 15) is 4.79 Å². The topological polar surface area (TPSA) is 78.0 Å². The highest BCUT2D eigenvalue weighted by atomic mass is 127. The van der Waals surface area contributed by atoms with Gasteiger partial charge in [-0.25, -0.2) is 4.79 Å². The summed E-state index contributed by atoms with van der Waals surface area (Å²) in [4.78, 5) is 18.4. The molecule has 26 heavy (non-hydrogen) atoms. The third-order valence-corrected chi connectivity index (χ3v) is 3.44. The molecule has 0 aromatic rings. The molecule has 0 atom stereocenters. The number of likely N-dealkylation sites (N-methyl/N-ethyl adjacent to an activating group) is 1. The van der Waals surface area contributed by atoms with Crippen molar-refractivity contribution in [2.75, 3.05) is 40.3 Å². The van der Waals surface area contributed by atoms with Gasteiger partial charge in [0.15, 0.2) is 5.96 Å². The monoisotopic (exact) mass is 485 g/mol. The van der Waals surface area contributed by atoms with Gasteiger partial charge in [-0.2, -0.15) is 0 Å². The molecule has 0 aliphatic carbocycles. The van der Waals surface area contributed by atoms with Gasteiger partial charge in [0.1, 0.15) is 5.60 Å². The third-order valence-electron chi connectivity index (χ3n) is 3.44. The minimum Gasteiger partial charge on any atom is -0.444 e. The fourth-order valence-corrected chi connectivity index (χ4v) is 2.05. The quantitative estimate of drug-likeness (QED) is 0.266. The van der Waals surface area contributed by atoms with Crippen molar-refractivity contribution in [2.24, 2.45) is 4.99 Å². The van der Waals surface area contributed by atoms with Gasteiger partial charge in [0.2, 0.25) is 0 Å². The Morgan fingerprint density at radius 2 is 1.73 bits per heavy atom. The molecule has 0 spiro atoms. The molecule has 0 radical (unpaired) electrons. The van der Waals surface area contributed by atoms with Crippen LogP contribution in [0.4, 0.5) is 4.79 Å². The molecule has 0 aliphatic heterocycles. The van der Waals surface area contributed by atoms with Crippen LogP contribution in [0.15, 0.2) is 4.99 Å². The first-order valence-electron chi connectivity index (χ1n) is 9.13. The number of guanidine groups is 1. The first kappa shape index (κ1) is 27.4. The van der Waals surface area contributed by atoms with Gasteiger partial charge in [0.25, 0.3) is 0 Å². The summed E-state index contributed by atoms with van der Waals surface area (Å²) in [7, 11) is 3.87. The van der Waals surface area contributed by atoms with E-state index in [4.69, 9.17) is 4.74 Å². The molecule has 3 N–H and O–H groups in total. The van der Waals surface area contributed by atoms with Gasteiger partial charge in [-0.1, -0.05) is 13.3 Å². The standard InChI is InChI=1S/C18H39N5O2.HI/c1-9-10-12-23(8)13-11-20-15(19-7)21-14-18(5,6)22-16(24)25-17(2,3)4;/h9-14H2,1-8H3,(H,22,24)(H2,19,20,21);1H. The predicted molar refractivity (Wildman–Crippen MR) is 121 cm³/mol. The maximum atomic E-state index is 11.9. The van der Waals surface area contributed by atoms with Crippen molar-refractivity contribution in [3.05, 3.63) is 0 Å². The van der Waals surface area contributed by atoms with E-state index in [0.717, 1.165) is 25.6 Å². The molecule has 0 aliphatic rings. The predicted octanol–water partition coefficient (Wildman–Crippen LogP) is 2.80. The average molecular weight is 485 g/mol. The van der Waals surface area contributed by atoms with Crippen LogP contribution in [0.1, 0.15) is 54.4 Å². The molecule has 0 aromatic heterocycles. The number of rotatable bonds is 9. The Morgan fingerprint density at radius 3 is 2.23 bits per heavy atom. The summed E-state index contributed by atoms with van der Waals surface area (Å²) in [5.74, 6) is 0.725. The first-order valence-corrected chi connectivity index (χ1v) is 9.13. The SMILES string of the molecule is CCCCN(C)CCNC(=NC)NCC(C)(C)NC(=O)OC(C)(C)C.I. The third kappa shape index (κ3) is 15.5. The fraction of sp³-hybridized carbons (Fsp3) is 0.889. The average Bonchev–Trinajstić information content (AvgIpc) is 2.45. The van der Waals surface area contributed by atoms with Gasteiger partial charge in [-0.05, 0) is 54.6 Å². The van der Waals surface area contributed by atoms with Crippen molar-refractivity contribution >= 4 is 36.0 Å². The molecule has 0 saturated heterocycles. The molecule has 8 heteroatoms. The lowest BCUT2D eigenvalue weighted by atomic mass is 10.1. The maximum Gasteiger partial charge on any atom is 0.408 e. The number of unbranched alkanes of at least 4 members (excludes halogenated alkanes) is 1. The number of ether oxygens (including phenoxy) is 1. The summed E-state index contributed by atoms with van der Waals surface area (Å²) < 4.78 is 5.30. The smallest absolute Gasteiger partial charge is 0.408 e. The van der Waals surface area contributed by atoms with Crippen molar-refractivity contribution in [3.8, 4) is 0 Å². The van der Waals surface area contributed by atoms with Crippen molar-refractivity contribution in [1.29, 1.82) is 0 Å². The van der Waals surface area contributed by atoms with Crippen molar-refractivity contribution in [2.45, 2.75) is 65.5 Å². The Balaban J connectivity index is 0. The Bertz CT molecular complexity index is 422. The van der Waals surface area contributed by atoms with E-state index >= 15 is 0 Å². The van der Waals surface area contributed by atoms with Crippen LogP contribution in [-0.2, 0) is 4.74 Å². The first-order chi connectivity index (χ1) is 11.5. The zero-order valence-electron chi connectivity index (χ0n) is 17.9. The minimum atomic E-state index is -0.505. The van der Waals surface area contributed by atoms with Gasteiger partial charge < -0.3 is 25.6 Å². The Labute approximate surface area is 177 Å². The Hall–Kier alpha value is -0.770. The summed E-state index contributed by atoms with van der Waals surface area (Å²) in [5, 5.41) is 9.41. The van der Waals surface area contributed by atoms with Crippen LogP contribution >= 0.6 is 24.0 Å². The number of nitrogens with one attached hydrogen (secondary N) is 3. The largest absolute Gasteiger partial charge is 0.444 e. The molecular formula is C18H40IN5O2. The number of alkyl carbamates (subject to hydrolysis) is 1. The van der Waals surface area contributed by atoms with Gasteiger partial charge in [0, 0.05) is 26.7 Å². The summed E-state index contributed by atoms with van der Waals surface area (Å²) in [5.41, 5.74) is -0.965. The van der Waals surface area contributed by atoms with E-state index in [0.29, 0.717) is 6.54 Å². The van der Waals surface area contributed by atoms with Crippen molar-refractivity contribution in [1.82, 2.24) is 20.9 Å². The maximum absolute atomic E-state index is 11.9. The van der Waals surface area contributed by atoms with E-state index < -0.39 is 17.2 Å². The highest BCUT2D eigenvalue weighted by Gasteiger charge is 2.24. The summed E-state index contributed by atoms with van der Waals surface area (Å²) >= 11 is 0. The molecule has 0 rings (SSSR count). The highest BCUT2D eigenvalue weighted by molar-refractivity contribution is 14.0. The fourth-order valence-electron chi connectivity index (χ4n) is 2.05. The van der Waals surface area contributed by atoms with Crippen LogP contribution in [0.25, 0.3) is 0 Å². The molecule has 0 heterocycles. The Kier molecular flexibility index (Phi) is 14.2. The number of carbonyl (C=O) groups is 1. The van der Waals surface area contributed by atoms with Crippen LogP contribution in [0.3, 0.4) is 0 Å². The van der Waals surface area contributed by atoms with Gasteiger partial charge in [-0.3, -0.25) is 4.99 Å². The molecule has 0 unspecified atom stereocenters. The lowest BCUT2D eigenvalue weighted by Gasteiger charge is -2.29. The zero-order valence-corrected chi connectivity index (χ0v) is 20.2. The number of hydrogen-bond donors (Lipinski definition) is 3. The summed E-state index contributed by atoms with van der Waals surface area (Å²) in [6.45, 7) is 15.1. The van der Waals surface area contributed by atoms with Gasteiger partial charge in [0.05, 0.1) is 5.54 Å². The second kappa shape index (κ2) is 13.4. The lowest BCUT2D eigenvalue weighted by Crippen LogP contribution is -2.54. The Morgan fingerprint density at radius 1 is 1.12 bits per heavy atom. The highest BCUT2D eigenvalue weighted by Crippen LogP contribution is 2.09. The summed E-state index contributed by atoms with van der Waals surface area (Å²) in [6, 6.07) is 0. The molecule has 0 aromatic carbocycles. The minimum absolute atomic E-state index is 0. The number of nitrogens with zero attached hydrogens (tertiary/aromatic N) is 2. The van der Waals surface area contributed by atoms with Crippen LogP contribution in [0.2, 0.25) is 0 Å². The number of amides is 1. The van der Waals surface area contributed by atoms with E-state index in [-0.39, 0.29) is 24.0 Å². The number of halogens is 1. The van der Waals surface area contributed by atoms with E-state index in [1.54, 1.807) is 7.05 Å². The van der Waals surface area contributed by atoms with E-state index in [2.05, 4.69) is 39.8 Å². The van der Waals surface area contributed by atoms with Crippen LogP contribution in [0.5, 0.6) is 0 Å². The number of carbonyl (C=O) groups excluding carboxylic acids is 1. The van der Waals surface area contributed by atoms with E-state index in [1.807, 2.05) is 34.6 Å². The molecule has 0 bridgehead atoms. The van der Waals surface area contributed by atoms with Gasteiger partial charge >= 0.3 is 6.09 Å². The van der Waals surface area contributed by atoms with E-state index in [1.165, 1.54) is 12.8 Å². The molecule has 0 saturated carbocycles. The number of hydrogen-bond acceptors (Lipinski definition) is 4. The van der Waals surface area contributed by atoms with Gasteiger partial charge in [-0.15, -0.1) is 24.0 Å². The zero-order chi connectivity index (χ0) is 19.5. The number of aliphatic imine (C=N–C) groups is 1. The summed E-state index contributed by atoms with van der Waals surface area (Å²) in [6.07, 6.45) is 2.01. The molecule has 156 valence electrons. The molecule has 1 amide bonds. The molecule has 7 nitrogen and oxygen atoms in total. The second-order valence-electron chi connectivity index (χ2n) is 8.02.